The number of carbonyl (C=O) groups excluding carboxylic acids is 1. The van der Waals surface area contributed by atoms with E-state index in [2.05, 4.69) is 0 Å². The first-order valence-corrected chi connectivity index (χ1v) is 8.73. The van der Waals surface area contributed by atoms with E-state index in [0.29, 0.717) is 28.5 Å². The molecule has 0 bridgehead atoms. The van der Waals surface area contributed by atoms with Gasteiger partial charge in [0.25, 0.3) is 5.91 Å². The van der Waals surface area contributed by atoms with Crippen molar-refractivity contribution >= 4 is 28.3 Å². The number of amides is 1. The van der Waals surface area contributed by atoms with Gasteiger partial charge in [0.1, 0.15) is 11.6 Å². The van der Waals surface area contributed by atoms with Gasteiger partial charge in [0.05, 0.1) is 12.2 Å². The molecule has 3 rings (SSSR count). The predicted octanol–water partition coefficient (Wildman–Crippen LogP) is 5.30. The van der Waals surface area contributed by atoms with Gasteiger partial charge in [-0.15, -0.1) is 0 Å². The highest BCUT2D eigenvalue weighted by atomic mass is 35.5. The maximum Gasteiger partial charge on any atom is 0.257 e. The minimum absolute atomic E-state index is 0.0722. The van der Waals surface area contributed by atoms with E-state index in [9.17, 15) is 9.18 Å². The van der Waals surface area contributed by atoms with Crippen molar-refractivity contribution in [2.45, 2.75) is 13.5 Å². The molecule has 0 saturated heterocycles. The Morgan fingerprint density at radius 2 is 1.81 bits per heavy atom. The summed E-state index contributed by atoms with van der Waals surface area (Å²) in [6.45, 7) is 2.39. The molecule has 26 heavy (non-hydrogen) atoms. The van der Waals surface area contributed by atoms with E-state index >= 15 is 0 Å². The molecule has 3 aromatic carbocycles. The van der Waals surface area contributed by atoms with Crippen molar-refractivity contribution in [3.63, 3.8) is 0 Å². The minimum Gasteiger partial charge on any atom is -0.493 e. The molecule has 0 radical (unpaired) electrons. The summed E-state index contributed by atoms with van der Waals surface area (Å²) >= 11 is 6.08. The Morgan fingerprint density at radius 1 is 1.12 bits per heavy atom. The van der Waals surface area contributed by atoms with Gasteiger partial charge in [-0.3, -0.25) is 4.79 Å². The van der Waals surface area contributed by atoms with Gasteiger partial charge in [0.15, 0.2) is 0 Å². The van der Waals surface area contributed by atoms with Crippen LogP contribution in [-0.4, -0.2) is 24.5 Å². The van der Waals surface area contributed by atoms with Crippen LogP contribution in [0.3, 0.4) is 0 Å². The third-order valence-electron chi connectivity index (χ3n) is 4.18. The van der Waals surface area contributed by atoms with E-state index in [1.165, 1.54) is 11.0 Å². The van der Waals surface area contributed by atoms with Gasteiger partial charge in [-0.1, -0.05) is 41.9 Å². The highest BCUT2D eigenvalue weighted by Crippen LogP contribution is 2.28. The van der Waals surface area contributed by atoms with E-state index in [1.807, 2.05) is 43.3 Å². The number of carbonyl (C=O) groups is 1. The molecular weight excluding hydrogens is 353 g/mol. The first kappa shape index (κ1) is 18.2. The zero-order valence-electron chi connectivity index (χ0n) is 14.6. The molecule has 5 heteroatoms. The standard InChI is InChI=1S/C21H19ClFNO2/c1-3-26-20-12-15-8-5-4-7-14(15)11-16(20)21(25)24(2)13-17-18(22)9-6-10-19(17)23/h4-12H,3,13H2,1-2H3. The molecular formula is C21H19ClFNO2. The van der Waals surface area contributed by atoms with Crippen LogP contribution >= 0.6 is 11.6 Å². The summed E-state index contributed by atoms with van der Waals surface area (Å²) in [5.74, 6) is -0.165. The number of fused-ring (bicyclic) bond motifs is 1. The molecule has 3 aromatic rings. The second-order valence-corrected chi connectivity index (χ2v) is 6.40. The first-order chi connectivity index (χ1) is 12.5. The zero-order chi connectivity index (χ0) is 18.7. The van der Waals surface area contributed by atoms with Crippen LogP contribution in [0.1, 0.15) is 22.8 Å². The van der Waals surface area contributed by atoms with Crippen LogP contribution in [0.25, 0.3) is 10.8 Å². The molecule has 134 valence electrons. The smallest absolute Gasteiger partial charge is 0.257 e. The maximum atomic E-state index is 14.0. The van der Waals surface area contributed by atoms with Crippen LogP contribution in [0, 0.1) is 5.82 Å². The number of hydrogen-bond donors (Lipinski definition) is 0. The Balaban J connectivity index is 1.96. The van der Waals surface area contributed by atoms with Gasteiger partial charge in [-0.05, 0) is 42.0 Å². The van der Waals surface area contributed by atoms with Crippen molar-refractivity contribution < 1.29 is 13.9 Å². The third-order valence-corrected chi connectivity index (χ3v) is 4.54. The average molecular weight is 372 g/mol. The second kappa shape index (κ2) is 7.75. The summed E-state index contributed by atoms with van der Waals surface area (Å²) in [7, 11) is 1.62. The van der Waals surface area contributed by atoms with E-state index in [1.54, 1.807) is 19.2 Å². The highest BCUT2D eigenvalue weighted by Gasteiger charge is 2.20. The van der Waals surface area contributed by atoms with Crippen molar-refractivity contribution in [1.29, 1.82) is 0 Å². The predicted molar refractivity (Wildman–Crippen MR) is 102 cm³/mol. The summed E-state index contributed by atoms with van der Waals surface area (Å²) in [5, 5.41) is 2.23. The van der Waals surface area contributed by atoms with Crippen molar-refractivity contribution in [3.05, 3.63) is 76.6 Å². The van der Waals surface area contributed by atoms with Gasteiger partial charge >= 0.3 is 0 Å². The first-order valence-electron chi connectivity index (χ1n) is 8.35. The van der Waals surface area contributed by atoms with E-state index in [4.69, 9.17) is 16.3 Å². The van der Waals surface area contributed by atoms with Crippen molar-refractivity contribution in [2.24, 2.45) is 0 Å². The summed E-state index contributed by atoms with van der Waals surface area (Å²) < 4.78 is 19.7. The molecule has 0 saturated carbocycles. The molecule has 3 nitrogen and oxygen atoms in total. The number of ether oxygens (including phenoxy) is 1. The quantitative estimate of drug-likeness (QED) is 0.608. The fraction of sp³-hybridized carbons (Fsp3) is 0.190. The molecule has 0 N–H and O–H groups in total. The van der Waals surface area contributed by atoms with Crippen molar-refractivity contribution in [3.8, 4) is 5.75 Å². The van der Waals surface area contributed by atoms with E-state index in [0.717, 1.165) is 10.8 Å². The molecule has 0 spiro atoms. The molecule has 0 aliphatic carbocycles. The van der Waals surface area contributed by atoms with Gasteiger partial charge < -0.3 is 9.64 Å². The third kappa shape index (κ3) is 3.65. The fourth-order valence-corrected chi connectivity index (χ4v) is 3.08. The Kier molecular flexibility index (Phi) is 5.43. The summed E-state index contributed by atoms with van der Waals surface area (Å²) in [6.07, 6.45) is 0. The lowest BCUT2D eigenvalue weighted by Crippen LogP contribution is -2.27. The molecule has 1 amide bonds. The Hall–Kier alpha value is -2.59. The normalized spacial score (nSPS) is 10.8. The summed E-state index contributed by atoms with van der Waals surface area (Å²) in [5.41, 5.74) is 0.740. The minimum atomic E-state index is -0.430. The lowest BCUT2D eigenvalue weighted by molar-refractivity contribution is 0.0780. The summed E-state index contributed by atoms with van der Waals surface area (Å²) in [4.78, 5) is 14.4. The number of rotatable bonds is 5. The van der Waals surface area contributed by atoms with Crippen molar-refractivity contribution in [2.75, 3.05) is 13.7 Å². The van der Waals surface area contributed by atoms with Crippen LogP contribution in [0.15, 0.2) is 54.6 Å². The highest BCUT2D eigenvalue weighted by molar-refractivity contribution is 6.31. The molecule has 0 aromatic heterocycles. The van der Waals surface area contributed by atoms with Crippen LogP contribution in [0.4, 0.5) is 4.39 Å². The Morgan fingerprint density at radius 3 is 2.46 bits per heavy atom. The Bertz CT molecular complexity index is 938. The Labute approximate surface area is 156 Å². The maximum absolute atomic E-state index is 14.0. The van der Waals surface area contributed by atoms with Crippen LogP contribution in [0.5, 0.6) is 5.75 Å². The number of nitrogens with zero attached hydrogens (tertiary/aromatic N) is 1. The lowest BCUT2D eigenvalue weighted by Gasteiger charge is -2.20. The molecule has 0 unspecified atom stereocenters. The van der Waals surface area contributed by atoms with E-state index < -0.39 is 5.82 Å². The van der Waals surface area contributed by atoms with Crippen LogP contribution < -0.4 is 4.74 Å². The second-order valence-electron chi connectivity index (χ2n) is 5.99. The number of halogens is 2. The topological polar surface area (TPSA) is 29.5 Å². The van der Waals surface area contributed by atoms with Gasteiger partial charge in [-0.25, -0.2) is 4.39 Å². The van der Waals surface area contributed by atoms with Gasteiger partial charge in [0.2, 0.25) is 0 Å². The van der Waals surface area contributed by atoms with Gasteiger partial charge in [0, 0.05) is 24.2 Å². The largest absolute Gasteiger partial charge is 0.493 e. The van der Waals surface area contributed by atoms with Crippen molar-refractivity contribution in [1.82, 2.24) is 4.90 Å². The summed E-state index contributed by atoms with van der Waals surface area (Å²) in [6, 6.07) is 15.9. The monoisotopic (exact) mass is 371 g/mol. The zero-order valence-corrected chi connectivity index (χ0v) is 15.4. The molecule has 0 aliphatic rings. The fourth-order valence-electron chi connectivity index (χ4n) is 2.86. The molecule has 0 aliphatic heterocycles. The number of hydrogen-bond acceptors (Lipinski definition) is 2. The molecule has 0 atom stereocenters. The number of benzene rings is 3. The lowest BCUT2D eigenvalue weighted by atomic mass is 10.0. The average Bonchev–Trinajstić information content (AvgIpc) is 2.64. The molecule has 0 fully saturated rings. The SMILES string of the molecule is CCOc1cc2ccccc2cc1C(=O)N(C)Cc1c(F)cccc1Cl. The molecule has 0 heterocycles. The van der Waals surface area contributed by atoms with Gasteiger partial charge in [-0.2, -0.15) is 0 Å². The van der Waals surface area contributed by atoms with Crippen LogP contribution in [-0.2, 0) is 6.54 Å². The van der Waals surface area contributed by atoms with Crippen LogP contribution in [0.2, 0.25) is 5.02 Å². The van der Waals surface area contributed by atoms with E-state index in [-0.39, 0.29) is 12.5 Å².